The highest BCUT2D eigenvalue weighted by Gasteiger charge is 2.28. The highest BCUT2D eigenvalue weighted by Crippen LogP contribution is 2.19. The quantitative estimate of drug-likeness (QED) is 0.596. The molecule has 3 unspecified atom stereocenters. The first-order chi connectivity index (χ1) is 6.91. The van der Waals surface area contributed by atoms with Crippen LogP contribution in [0.2, 0.25) is 0 Å². The molecular weight excluding hydrogens is 192 g/mol. The van der Waals surface area contributed by atoms with E-state index in [0.29, 0.717) is 13.1 Å². The second-order valence-corrected chi connectivity index (χ2v) is 5.22. The molecule has 90 valence electrons. The third-order valence-corrected chi connectivity index (χ3v) is 2.88. The molecule has 1 rings (SSSR count). The second kappa shape index (κ2) is 5.25. The van der Waals surface area contributed by atoms with E-state index in [1.54, 1.807) is 0 Å². The van der Waals surface area contributed by atoms with Crippen molar-refractivity contribution in [1.29, 1.82) is 0 Å². The number of aliphatic hydroxyl groups excluding tert-OH is 1. The molecule has 0 aromatic carbocycles. The maximum atomic E-state index is 10.0. The Morgan fingerprint density at radius 3 is 2.53 bits per heavy atom. The van der Waals surface area contributed by atoms with E-state index in [-0.39, 0.29) is 12.1 Å². The van der Waals surface area contributed by atoms with Crippen molar-refractivity contribution in [3.63, 3.8) is 0 Å². The van der Waals surface area contributed by atoms with Crippen LogP contribution in [0, 0.1) is 0 Å². The van der Waals surface area contributed by atoms with Gasteiger partial charge in [-0.3, -0.25) is 0 Å². The summed E-state index contributed by atoms with van der Waals surface area (Å²) in [6.07, 6.45) is 2.74. The average molecular weight is 216 g/mol. The smallest absolute Gasteiger partial charge is 0.0869 e. The first kappa shape index (κ1) is 12.9. The first-order valence-corrected chi connectivity index (χ1v) is 5.69. The topological polar surface area (TPSA) is 55.7 Å². The molecule has 0 bridgehead atoms. The Bertz CT molecular complexity index is 195. The fraction of sp³-hybridized carbons (Fsp3) is 1.00. The van der Waals surface area contributed by atoms with Gasteiger partial charge in [-0.1, -0.05) is 0 Å². The van der Waals surface area contributed by atoms with E-state index >= 15 is 0 Å². The molecular formula is C11H24N2O2. The van der Waals surface area contributed by atoms with E-state index in [0.717, 1.165) is 19.3 Å². The number of hydrogen-bond acceptors (Lipinski definition) is 4. The summed E-state index contributed by atoms with van der Waals surface area (Å²) in [6.45, 7) is 2.98. The van der Waals surface area contributed by atoms with Crippen molar-refractivity contribution < 1.29 is 10.2 Å². The molecule has 0 heterocycles. The van der Waals surface area contributed by atoms with Crippen LogP contribution >= 0.6 is 0 Å². The Kier molecular flexibility index (Phi) is 4.52. The third-order valence-electron chi connectivity index (χ3n) is 2.88. The van der Waals surface area contributed by atoms with Gasteiger partial charge in [-0.25, -0.2) is 0 Å². The summed E-state index contributed by atoms with van der Waals surface area (Å²) < 4.78 is 0. The summed E-state index contributed by atoms with van der Waals surface area (Å²) in [7, 11) is 3.89. The molecule has 15 heavy (non-hydrogen) atoms. The van der Waals surface area contributed by atoms with E-state index in [2.05, 4.69) is 5.32 Å². The van der Waals surface area contributed by atoms with Gasteiger partial charge in [0.15, 0.2) is 0 Å². The third kappa shape index (κ3) is 4.47. The molecule has 1 aliphatic rings. The van der Waals surface area contributed by atoms with Gasteiger partial charge in [-0.2, -0.15) is 0 Å². The van der Waals surface area contributed by atoms with Gasteiger partial charge >= 0.3 is 0 Å². The number of likely N-dealkylation sites (N-methyl/N-ethyl adjacent to an activating group) is 1. The molecule has 1 fully saturated rings. The number of rotatable bonds is 5. The fourth-order valence-corrected chi connectivity index (χ4v) is 2.27. The van der Waals surface area contributed by atoms with Gasteiger partial charge in [0, 0.05) is 19.1 Å². The Morgan fingerprint density at radius 1 is 1.40 bits per heavy atom. The Labute approximate surface area is 92.3 Å². The van der Waals surface area contributed by atoms with Crippen molar-refractivity contribution in [1.82, 2.24) is 10.2 Å². The number of nitrogens with zero attached hydrogens (tertiary/aromatic N) is 1. The highest BCUT2D eigenvalue weighted by molar-refractivity contribution is 4.86. The van der Waals surface area contributed by atoms with Crippen LogP contribution in [0.5, 0.6) is 0 Å². The lowest BCUT2D eigenvalue weighted by molar-refractivity contribution is 0.0265. The normalized spacial score (nSPS) is 30.8. The minimum Gasteiger partial charge on any atom is -0.392 e. The second-order valence-electron chi connectivity index (χ2n) is 5.22. The predicted molar refractivity (Wildman–Crippen MR) is 60.8 cm³/mol. The van der Waals surface area contributed by atoms with Crippen LogP contribution in [0.3, 0.4) is 0 Å². The van der Waals surface area contributed by atoms with E-state index < -0.39 is 5.60 Å². The maximum Gasteiger partial charge on any atom is 0.0869 e. The summed E-state index contributed by atoms with van der Waals surface area (Å²) >= 11 is 0. The van der Waals surface area contributed by atoms with E-state index in [9.17, 15) is 10.2 Å². The molecule has 1 aliphatic carbocycles. The molecule has 4 nitrogen and oxygen atoms in total. The first-order valence-electron chi connectivity index (χ1n) is 5.69. The van der Waals surface area contributed by atoms with E-state index in [1.165, 1.54) is 0 Å². The fourth-order valence-electron chi connectivity index (χ4n) is 2.27. The minimum absolute atomic E-state index is 0.165. The summed E-state index contributed by atoms with van der Waals surface area (Å²) in [6, 6.07) is 0.165. The molecule has 0 aromatic heterocycles. The molecule has 0 radical (unpaired) electrons. The van der Waals surface area contributed by atoms with Crippen molar-refractivity contribution in [3.05, 3.63) is 0 Å². The zero-order chi connectivity index (χ0) is 11.5. The van der Waals surface area contributed by atoms with Gasteiger partial charge in [0.2, 0.25) is 0 Å². The zero-order valence-electron chi connectivity index (χ0n) is 10.0. The molecule has 0 aromatic rings. The predicted octanol–water partition coefficient (Wildman–Crippen LogP) is -0.198. The lowest BCUT2D eigenvalue weighted by Crippen LogP contribution is -2.49. The van der Waals surface area contributed by atoms with Gasteiger partial charge in [0.1, 0.15) is 0 Å². The van der Waals surface area contributed by atoms with Crippen LogP contribution in [0.15, 0.2) is 0 Å². The van der Waals surface area contributed by atoms with E-state index in [1.807, 2.05) is 25.9 Å². The lowest BCUT2D eigenvalue weighted by Gasteiger charge is -2.29. The molecule has 0 spiro atoms. The molecule has 1 saturated carbocycles. The standard InChI is InChI=1S/C11H24N2O2/c1-11(15,8-13(2)3)7-12-9-5-4-6-10(9)14/h9-10,12,14-15H,4-8H2,1-3H3. The molecule has 4 heteroatoms. The van der Waals surface area contributed by atoms with Crippen LogP contribution in [-0.4, -0.2) is 60.0 Å². The van der Waals surface area contributed by atoms with Crippen molar-refractivity contribution in [2.24, 2.45) is 0 Å². The van der Waals surface area contributed by atoms with Crippen molar-refractivity contribution in [2.75, 3.05) is 27.2 Å². The van der Waals surface area contributed by atoms with Crippen molar-refractivity contribution in [2.45, 2.75) is 43.9 Å². The van der Waals surface area contributed by atoms with Crippen molar-refractivity contribution in [3.8, 4) is 0 Å². The Balaban J connectivity index is 2.28. The van der Waals surface area contributed by atoms with Crippen LogP contribution < -0.4 is 5.32 Å². The van der Waals surface area contributed by atoms with E-state index in [4.69, 9.17) is 0 Å². The number of nitrogens with one attached hydrogen (secondary N) is 1. The largest absolute Gasteiger partial charge is 0.392 e. The van der Waals surface area contributed by atoms with Gasteiger partial charge in [0.25, 0.3) is 0 Å². The Hall–Kier alpha value is -0.160. The van der Waals surface area contributed by atoms with Gasteiger partial charge in [-0.05, 0) is 40.3 Å². The highest BCUT2D eigenvalue weighted by atomic mass is 16.3. The van der Waals surface area contributed by atoms with Crippen LogP contribution in [0.25, 0.3) is 0 Å². The molecule has 3 N–H and O–H groups in total. The lowest BCUT2D eigenvalue weighted by atomic mass is 10.1. The minimum atomic E-state index is -0.730. The van der Waals surface area contributed by atoms with Gasteiger partial charge in [-0.15, -0.1) is 0 Å². The van der Waals surface area contributed by atoms with Crippen molar-refractivity contribution >= 4 is 0 Å². The summed E-state index contributed by atoms with van der Waals surface area (Å²) in [5, 5.41) is 22.9. The summed E-state index contributed by atoms with van der Waals surface area (Å²) in [5.74, 6) is 0. The molecule has 0 amide bonds. The van der Waals surface area contributed by atoms with Crippen LogP contribution in [0.1, 0.15) is 26.2 Å². The van der Waals surface area contributed by atoms with Crippen LogP contribution in [-0.2, 0) is 0 Å². The monoisotopic (exact) mass is 216 g/mol. The van der Waals surface area contributed by atoms with Gasteiger partial charge in [0.05, 0.1) is 11.7 Å². The zero-order valence-corrected chi connectivity index (χ0v) is 10.0. The SMILES string of the molecule is CN(C)CC(C)(O)CNC1CCCC1O. The van der Waals surface area contributed by atoms with Gasteiger partial charge < -0.3 is 20.4 Å². The average Bonchev–Trinajstić information content (AvgIpc) is 2.45. The molecule has 0 aliphatic heterocycles. The molecule has 0 saturated heterocycles. The molecule has 3 atom stereocenters. The maximum absolute atomic E-state index is 10.0. The Morgan fingerprint density at radius 2 is 2.07 bits per heavy atom. The van der Waals surface area contributed by atoms with Crippen LogP contribution in [0.4, 0.5) is 0 Å². The number of hydrogen-bond donors (Lipinski definition) is 3. The summed E-state index contributed by atoms with van der Waals surface area (Å²) in [4.78, 5) is 1.97. The summed E-state index contributed by atoms with van der Waals surface area (Å²) in [5.41, 5.74) is -0.730. The number of aliphatic hydroxyl groups is 2.